The molecule has 3 rings (SSSR count). The minimum absolute atomic E-state index is 0.575. The Kier molecular flexibility index (Phi) is 4.14. The minimum atomic E-state index is -0.575. The van der Waals surface area contributed by atoms with Gasteiger partial charge in [-0.05, 0) is 25.9 Å². The van der Waals surface area contributed by atoms with E-state index in [0.29, 0.717) is 18.0 Å². The van der Waals surface area contributed by atoms with E-state index >= 15 is 0 Å². The molecule has 2 aromatic rings. The van der Waals surface area contributed by atoms with E-state index in [1.807, 2.05) is 36.4 Å². The molecular formula is C16H20N2O2. The summed E-state index contributed by atoms with van der Waals surface area (Å²) in [5.74, 6) is 0.707. The lowest BCUT2D eigenvalue weighted by Crippen LogP contribution is -2.33. The molecule has 4 nitrogen and oxygen atoms in total. The predicted octanol–water partition coefficient (Wildman–Crippen LogP) is 2.86. The maximum Gasteiger partial charge on any atom is 0.167 e. The summed E-state index contributed by atoms with van der Waals surface area (Å²) in [6.07, 6.45) is 3.17. The zero-order valence-corrected chi connectivity index (χ0v) is 11.5. The van der Waals surface area contributed by atoms with Crippen molar-refractivity contribution in [3.8, 4) is 11.3 Å². The number of piperidine rings is 1. The fraction of sp³-hybridized carbons (Fsp3) is 0.438. The van der Waals surface area contributed by atoms with Crippen LogP contribution in [0.25, 0.3) is 11.3 Å². The summed E-state index contributed by atoms with van der Waals surface area (Å²) in [5, 5.41) is 14.3. The van der Waals surface area contributed by atoms with Crippen molar-refractivity contribution in [1.82, 2.24) is 10.1 Å². The Morgan fingerprint density at radius 3 is 2.65 bits per heavy atom. The summed E-state index contributed by atoms with van der Waals surface area (Å²) in [4.78, 5) is 2.30. The van der Waals surface area contributed by atoms with Gasteiger partial charge in [0.25, 0.3) is 0 Å². The van der Waals surface area contributed by atoms with E-state index in [1.54, 1.807) is 0 Å². The lowest BCUT2D eigenvalue weighted by molar-refractivity contribution is 0.0959. The van der Waals surface area contributed by atoms with Gasteiger partial charge in [-0.15, -0.1) is 0 Å². The molecule has 0 spiro atoms. The number of benzene rings is 1. The smallest absolute Gasteiger partial charge is 0.167 e. The normalized spacial score (nSPS) is 18.1. The molecule has 0 unspecified atom stereocenters. The van der Waals surface area contributed by atoms with Crippen LogP contribution in [0.1, 0.15) is 31.1 Å². The van der Waals surface area contributed by atoms with Gasteiger partial charge in [-0.1, -0.05) is 41.9 Å². The zero-order valence-electron chi connectivity index (χ0n) is 11.5. The first kappa shape index (κ1) is 13.3. The summed E-state index contributed by atoms with van der Waals surface area (Å²) >= 11 is 0. The van der Waals surface area contributed by atoms with Gasteiger partial charge in [0.2, 0.25) is 0 Å². The molecule has 1 N–H and O–H groups in total. The lowest BCUT2D eigenvalue weighted by atomic mass is 10.1. The highest BCUT2D eigenvalue weighted by Gasteiger charge is 2.19. The fourth-order valence-corrected chi connectivity index (χ4v) is 2.66. The molecule has 0 amide bonds. The highest BCUT2D eigenvalue weighted by Crippen LogP contribution is 2.23. The number of β-amino-alcohol motifs (C(OH)–C–C–N with tert-alkyl or cyclic N) is 1. The third-order valence-corrected chi connectivity index (χ3v) is 3.81. The number of aliphatic hydroxyl groups excluding tert-OH is 1. The average molecular weight is 272 g/mol. The van der Waals surface area contributed by atoms with Gasteiger partial charge in [0.15, 0.2) is 5.76 Å². The van der Waals surface area contributed by atoms with Gasteiger partial charge < -0.3 is 14.5 Å². The van der Waals surface area contributed by atoms with Crippen LogP contribution in [0.15, 0.2) is 40.9 Å². The van der Waals surface area contributed by atoms with E-state index in [4.69, 9.17) is 4.52 Å². The third kappa shape index (κ3) is 3.08. The fourth-order valence-electron chi connectivity index (χ4n) is 2.66. The Hall–Kier alpha value is -1.65. The second-order valence-electron chi connectivity index (χ2n) is 5.36. The quantitative estimate of drug-likeness (QED) is 0.929. The molecule has 1 fully saturated rings. The predicted molar refractivity (Wildman–Crippen MR) is 77.2 cm³/mol. The first-order chi connectivity index (χ1) is 9.83. The second-order valence-corrected chi connectivity index (χ2v) is 5.36. The van der Waals surface area contributed by atoms with E-state index in [2.05, 4.69) is 10.1 Å². The van der Waals surface area contributed by atoms with Crippen LogP contribution >= 0.6 is 0 Å². The highest BCUT2D eigenvalue weighted by molar-refractivity contribution is 5.56. The maximum absolute atomic E-state index is 10.3. The van der Waals surface area contributed by atoms with Crippen LogP contribution in [0.2, 0.25) is 0 Å². The Morgan fingerprint density at radius 1 is 1.15 bits per heavy atom. The van der Waals surface area contributed by atoms with Crippen molar-refractivity contribution in [2.24, 2.45) is 0 Å². The minimum Gasteiger partial charge on any atom is -0.385 e. The van der Waals surface area contributed by atoms with Gasteiger partial charge in [0.05, 0.1) is 0 Å². The topological polar surface area (TPSA) is 49.5 Å². The molecule has 0 bridgehead atoms. The zero-order chi connectivity index (χ0) is 13.8. The van der Waals surface area contributed by atoms with Gasteiger partial charge in [-0.2, -0.15) is 0 Å². The Labute approximate surface area is 119 Å². The van der Waals surface area contributed by atoms with Gasteiger partial charge in [0.1, 0.15) is 11.8 Å². The number of nitrogens with zero attached hydrogens (tertiary/aromatic N) is 2. The average Bonchev–Trinajstić information content (AvgIpc) is 2.99. The van der Waals surface area contributed by atoms with Crippen molar-refractivity contribution in [3.63, 3.8) is 0 Å². The molecule has 106 valence electrons. The van der Waals surface area contributed by atoms with Crippen molar-refractivity contribution >= 4 is 0 Å². The van der Waals surface area contributed by atoms with Crippen molar-refractivity contribution in [2.45, 2.75) is 25.4 Å². The first-order valence-electron chi connectivity index (χ1n) is 7.25. The van der Waals surface area contributed by atoms with E-state index in [1.165, 1.54) is 19.3 Å². The molecule has 1 saturated heterocycles. The SMILES string of the molecule is O[C@H](CN1CCCCC1)c1cc(-c2ccccc2)on1. The monoisotopic (exact) mass is 272 g/mol. The van der Waals surface area contributed by atoms with Gasteiger partial charge in [-0.25, -0.2) is 0 Å². The van der Waals surface area contributed by atoms with E-state index in [9.17, 15) is 5.11 Å². The number of rotatable bonds is 4. The van der Waals surface area contributed by atoms with Crippen LogP contribution in [-0.4, -0.2) is 34.8 Å². The summed E-state index contributed by atoms with van der Waals surface area (Å²) in [6.45, 7) is 2.78. The van der Waals surface area contributed by atoms with Gasteiger partial charge >= 0.3 is 0 Å². The van der Waals surface area contributed by atoms with E-state index < -0.39 is 6.10 Å². The third-order valence-electron chi connectivity index (χ3n) is 3.81. The van der Waals surface area contributed by atoms with Crippen molar-refractivity contribution in [3.05, 3.63) is 42.1 Å². The molecule has 1 aliphatic rings. The summed E-state index contributed by atoms with van der Waals surface area (Å²) in [5.41, 5.74) is 1.60. The van der Waals surface area contributed by atoms with Crippen molar-refractivity contribution in [2.75, 3.05) is 19.6 Å². The van der Waals surface area contributed by atoms with E-state index in [-0.39, 0.29) is 0 Å². The Balaban J connectivity index is 1.66. The van der Waals surface area contributed by atoms with Crippen LogP contribution in [0.5, 0.6) is 0 Å². The molecule has 4 heteroatoms. The molecule has 1 aromatic carbocycles. The molecule has 0 saturated carbocycles. The van der Waals surface area contributed by atoms with Gasteiger partial charge in [0, 0.05) is 18.2 Å². The van der Waals surface area contributed by atoms with Crippen LogP contribution in [0.4, 0.5) is 0 Å². The largest absolute Gasteiger partial charge is 0.385 e. The molecule has 1 aromatic heterocycles. The first-order valence-corrected chi connectivity index (χ1v) is 7.25. The molecular weight excluding hydrogens is 252 g/mol. The maximum atomic E-state index is 10.3. The number of hydrogen-bond donors (Lipinski definition) is 1. The van der Waals surface area contributed by atoms with Crippen LogP contribution < -0.4 is 0 Å². The lowest BCUT2D eigenvalue weighted by Gasteiger charge is -2.27. The molecule has 0 aliphatic carbocycles. The number of aromatic nitrogens is 1. The number of hydrogen-bond acceptors (Lipinski definition) is 4. The van der Waals surface area contributed by atoms with Crippen LogP contribution in [0, 0.1) is 0 Å². The van der Waals surface area contributed by atoms with Crippen molar-refractivity contribution in [1.29, 1.82) is 0 Å². The molecule has 0 radical (unpaired) electrons. The molecule has 20 heavy (non-hydrogen) atoms. The number of aliphatic hydroxyl groups is 1. The summed E-state index contributed by atoms with van der Waals surface area (Å²) < 4.78 is 5.33. The summed E-state index contributed by atoms with van der Waals surface area (Å²) in [6, 6.07) is 11.7. The molecule has 2 heterocycles. The molecule has 1 aliphatic heterocycles. The van der Waals surface area contributed by atoms with Gasteiger partial charge in [-0.3, -0.25) is 0 Å². The van der Waals surface area contributed by atoms with E-state index in [0.717, 1.165) is 18.7 Å². The Bertz CT molecular complexity index is 532. The molecule has 1 atom stereocenters. The van der Waals surface area contributed by atoms with Crippen LogP contribution in [0.3, 0.4) is 0 Å². The number of likely N-dealkylation sites (tertiary alicyclic amines) is 1. The summed E-state index contributed by atoms with van der Waals surface area (Å²) in [7, 11) is 0. The second kappa shape index (κ2) is 6.20. The Morgan fingerprint density at radius 2 is 1.90 bits per heavy atom. The standard InChI is InChI=1S/C16H20N2O2/c19-15(12-18-9-5-2-6-10-18)14-11-16(20-17-14)13-7-3-1-4-8-13/h1,3-4,7-8,11,15,19H,2,5-6,9-10,12H2/t15-/m1/s1. The highest BCUT2D eigenvalue weighted by atomic mass is 16.5. The van der Waals surface area contributed by atoms with Crippen LogP contribution in [-0.2, 0) is 0 Å². The van der Waals surface area contributed by atoms with Crippen molar-refractivity contribution < 1.29 is 9.63 Å².